The van der Waals surface area contributed by atoms with Gasteiger partial charge >= 0.3 is 0 Å². The van der Waals surface area contributed by atoms with Gasteiger partial charge in [-0.2, -0.15) is 0 Å². The molecule has 0 amide bonds. The number of fused-ring (bicyclic) bond motifs is 3. The molecule has 37 heavy (non-hydrogen) atoms. The topological polar surface area (TPSA) is 0 Å². The summed E-state index contributed by atoms with van der Waals surface area (Å²) in [6.07, 6.45) is 0. The number of benzene rings is 5. The smallest absolute Gasteiger partial charge is 0.0332 e. The molecular weight excluding hydrogens is 512 g/mol. The van der Waals surface area contributed by atoms with Crippen molar-refractivity contribution in [3.63, 3.8) is 0 Å². The van der Waals surface area contributed by atoms with Gasteiger partial charge in [-0.1, -0.05) is 123 Å². The summed E-state index contributed by atoms with van der Waals surface area (Å²) in [6.45, 7) is 20.6. The summed E-state index contributed by atoms with van der Waals surface area (Å²) < 4.78 is 1.18. The van der Waals surface area contributed by atoms with Crippen LogP contribution in [0.2, 0.25) is 0 Å². The van der Waals surface area contributed by atoms with Crippen LogP contribution in [0.5, 0.6) is 0 Å². The van der Waals surface area contributed by atoms with Crippen LogP contribution in [0.25, 0.3) is 43.4 Å². The Kier molecular flexibility index (Phi) is 6.11. The first-order chi connectivity index (χ1) is 17.2. The van der Waals surface area contributed by atoms with Crippen molar-refractivity contribution in [2.45, 2.75) is 78.6 Å². The van der Waals surface area contributed by atoms with E-state index < -0.39 is 0 Å². The average Bonchev–Trinajstić information content (AvgIpc) is 2.81. The molecule has 0 aliphatic carbocycles. The Balaban J connectivity index is 1.95. The van der Waals surface area contributed by atoms with Gasteiger partial charge in [0, 0.05) is 4.47 Å². The van der Waals surface area contributed by atoms with E-state index in [4.69, 9.17) is 0 Å². The quantitative estimate of drug-likeness (QED) is 0.182. The predicted molar refractivity (Wildman–Crippen MR) is 168 cm³/mol. The molecule has 0 aromatic heterocycles. The van der Waals surface area contributed by atoms with E-state index >= 15 is 0 Å². The minimum Gasteiger partial charge on any atom is -0.0610 e. The molecule has 0 radical (unpaired) electrons. The molecule has 0 spiro atoms. The van der Waals surface area contributed by atoms with E-state index in [1.165, 1.54) is 64.6 Å². The summed E-state index contributed by atoms with van der Waals surface area (Å²) in [7, 11) is 0. The van der Waals surface area contributed by atoms with Gasteiger partial charge in [-0.25, -0.2) is 0 Å². The Hall–Kier alpha value is -2.64. The van der Waals surface area contributed by atoms with Crippen LogP contribution < -0.4 is 0 Å². The van der Waals surface area contributed by atoms with Crippen LogP contribution in [-0.2, 0) is 16.2 Å². The normalized spacial score (nSPS) is 13.1. The van der Waals surface area contributed by atoms with Gasteiger partial charge in [0.1, 0.15) is 0 Å². The highest BCUT2D eigenvalue weighted by Crippen LogP contribution is 2.46. The molecule has 0 aliphatic heterocycles. The van der Waals surface area contributed by atoms with Crippen LogP contribution in [0.4, 0.5) is 0 Å². The lowest BCUT2D eigenvalue weighted by Crippen LogP contribution is -2.11. The van der Waals surface area contributed by atoms with Crippen LogP contribution in [0.15, 0.2) is 77.3 Å². The number of hydrogen-bond donors (Lipinski definition) is 0. The van der Waals surface area contributed by atoms with Crippen molar-refractivity contribution in [3.8, 4) is 11.1 Å². The molecular formula is C36H39Br. The van der Waals surface area contributed by atoms with E-state index in [2.05, 4.69) is 151 Å². The molecule has 0 saturated heterocycles. The first kappa shape index (κ1) is 26.0. The van der Waals surface area contributed by atoms with Gasteiger partial charge in [0.15, 0.2) is 0 Å². The van der Waals surface area contributed by atoms with E-state index in [1.54, 1.807) is 0 Å². The fraction of sp³-hybridized carbons (Fsp3) is 0.333. The van der Waals surface area contributed by atoms with Crippen molar-refractivity contribution < 1.29 is 0 Å². The van der Waals surface area contributed by atoms with E-state index in [1.807, 2.05) is 0 Å². The summed E-state index contributed by atoms with van der Waals surface area (Å²) in [4.78, 5) is 0. The van der Waals surface area contributed by atoms with Crippen LogP contribution in [0.3, 0.4) is 0 Å². The predicted octanol–water partition coefficient (Wildman–Crippen LogP) is 11.5. The van der Waals surface area contributed by atoms with Gasteiger partial charge in [0.2, 0.25) is 0 Å². The number of halogens is 1. The molecule has 1 heteroatoms. The maximum atomic E-state index is 4.05. The Morgan fingerprint density at radius 2 is 0.946 bits per heavy atom. The summed E-state index contributed by atoms with van der Waals surface area (Å²) in [6, 6.07) is 27.9. The minimum absolute atomic E-state index is 0.0728. The molecule has 0 unspecified atom stereocenters. The third kappa shape index (κ3) is 4.61. The van der Waals surface area contributed by atoms with Crippen LogP contribution in [0.1, 0.15) is 79.0 Å². The van der Waals surface area contributed by atoms with Crippen LogP contribution >= 0.6 is 15.9 Å². The zero-order chi connectivity index (χ0) is 26.9. The number of hydrogen-bond acceptors (Lipinski definition) is 0. The van der Waals surface area contributed by atoms with E-state index in [0.717, 1.165) is 0 Å². The van der Waals surface area contributed by atoms with Gasteiger partial charge in [0.25, 0.3) is 0 Å². The SMILES string of the molecule is CC(C)(C)c1ccc2c(-c3c4ccc(C(C)(C)C)cc4c(Br)c4ccc(C(C)(C)C)cc34)cccc2c1. The monoisotopic (exact) mass is 550 g/mol. The van der Waals surface area contributed by atoms with Gasteiger partial charge in [-0.3, -0.25) is 0 Å². The first-order valence-electron chi connectivity index (χ1n) is 13.4. The van der Waals surface area contributed by atoms with Crippen molar-refractivity contribution in [1.29, 1.82) is 0 Å². The molecule has 0 nitrogen and oxygen atoms in total. The fourth-order valence-corrected chi connectivity index (χ4v) is 6.04. The molecule has 0 heterocycles. The number of rotatable bonds is 1. The lowest BCUT2D eigenvalue weighted by molar-refractivity contribution is 0.590. The summed E-state index contributed by atoms with van der Waals surface area (Å²) in [5.74, 6) is 0. The molecule has 0 bridgehead atoms. The molecule has 0 saturated carbocycles. The average molecular weight is 552 g/mol. The molecule has 5 aromatic rings. The zero-order valence-electron chi connectivity index (χ0n) is 23.8. The molecule has 5 rings (SSSR count). The Labute approximate surface area is 231 Å². The lowest BCUT2D eigenvalue weighted by Gasteiger charge is -2.24. The molecule has 0 aliphatic rings. The highest BCUT2D eigenvalue weighted by atomic mass is 79.9. The lowest BCUT2D eigenvalue weighted by atomic mass is 9.81. The van der Waals surface area contributed by atoms with Gasteiger partial charge in [-0.05, 0) is 104 Å². The Morgan fingerprint density at radius 1 is 0.459 bits per heavy atom. The standard InChI is InChI=1S/C36H39Br/c1-34(2,3)23-13-16-26-22(19-23)11-10-12-27(26)32-28-17-14-25(36(7,8)9)21-31(28)33(37)29-18-15-24(20-30(29)32)35(4,5)6/h10-21H,1-9H3. The second kappa shape index (κ2) is 8.70. The highest BCUT2D eigenvalue weighted by Gasteiger charge is 2.22. The fourth-order valence-electron chi connectivity index (χ4n) is 5.37. The Morgan fingerprint density at radius 3 is 1.51 bits per heavy atom. The van der Waals surface area contributed by atoms with E-state index in [9.17, 15) is 0 Å². The summed E-state index contributed by atoms with van der Waals surface area (Å²) in [5.41, 5.74) is 6.98. The van der Waals surface area contributed by atoms with Crippen molar-refractivity contribution in [2.75, 3.05) is 0 Å². The first-order valence-corrected chi connectivity index (χ1v) is 14.2. The molecule has 190 valence electrons. The van der Waals surface area contributed by atoms with Crippen LogP contribution in [0, 0.1) is 0 Å². The van der Waals surface area contributed by atoms with Gasteiger partial charge in [0.05, 0.1) is 0 Å². The van der Waals surface area contributed by atoms with Crippen LogP contribution in [-0.4, -0.2) is 0 Å². The van der Waals surface area contributed by atoms with Crippen molar-refractivity contribution in [1.82, 2.24) is 0 Å². The van der Waals surface area contributed by atoms with Crippen molar-refractivity contribution in [3.05, 3.63) is 94.0 Å². The maximum absolute atomic E-state index is 4.05. The second-order valence-corrected chi connectivity index (χ2v) is 14.5. The third-order valence-corrected chi connectivity index (χ3v) is 8.65. The molecule has 0 N–H and O–H groups in total. The zero-order valence-corrected chi connectivity index (χ0v) is 25.4. The molecule has 0 atom stereocenters. The largest absolute Gasteiger partial charge is 0.0610 e. The van der Waals surface area contributed by atoms with Gasteiger partial charge in [-0.15, -0.1) is 0 Å². The van der Waals surface area contributed by atoms with Gasteiger partial charge < -0.3 is 0 Å². The summed E-state index contributed by atoms with van der Waals surface area (Å²) >= 11 is 4.05. The van der Waals surface area contributed by atoms with Crippen molar-refractivity contribution in [2.24, 2.45) is 0 Å². The minimum atomic E-state index is 0.0728. The van der Waals surface area contributed by atoms with E-state index in [0.29, 0.717) is 0 Å². The molecule has 0 fully saturated rings. The van der Waals surface area contributed by atoms with E-state index in [-0.39, 0.29) is 16.2 Å². The Bertz CT molecular complexity index is 1660. The highest BCUT2D eigenvalue weighted by molar-refractivity contribution is 9.10. The molecule has 5 aromatic carbocycles. The summed E-state index contributed by atoms with van der Waals surface area (Å²) in [5, 5.41) is 7.76. The maximum Gasteiger partial charge on any atom is 0.0332 e. The third-order valence-electron chi connectivity index (χ3n) is 7.80. The van der Waals surface area contributed by atoms with Crippen molar-refractivity contribution >= 4 is 48.2 Å². The second-order valence-electron chi connectivity index (χ2n) is 13.7.